The van der Waals surface area contributed by atoms with Gasteiger partial charge in [-0.15, -0.1) is 0 Å². The number of aliphatic hydroxyl groups is 1. The molecule has 0 spiro atoms. The fourth-order valence-corrected chi connectivity index (χ4v) is 1.01. The molecule has 1 aromatic rings. The lowest BCUT2D eigenvalue weighted by atomic mass is 10.2. The molecule has 0 bridgehead atoms. The summed E-state index contributed by atoms with van der Waals surface area (Å²) in [5.41, 5.74) is 0.134. The van der Waals surface area contributed by atoms with Crippen LogP contribution in [0.25, 0.3) is 0 Å². The van der Waals surface area contributed by atoms with Crippen LogP contribution in [0.4, 0.5) is 0 Å². The largest absolute Gasteiger partial charge is 0.493 e. The average Bonchev–Trinajstić information content (AvgIpc) is 2.45. The summed E-state index contributed by atoms with van der Waals surface area (Å²) >= 11 is 0. The third-order valence-electron chi connectivity index (χ3n) is 1.66. The summed E-state index contributed by atoms with van der Waals surface area (Å²) in [7, 11) is 2.92. The molecule has 1 heterocycles. The Kier molecular flexibility index (Phi) is 2.52. The molecule has 1 aromatic heterocycles. The van der Waals surface area contributed by atoms with Crippen molar-refractivity contribution in [1.82, 2.24) is 9.78 Å². The predicted molar refractivity (Wildman–Crippen MR) is 42.4 cm³/mol. The van der Waals surface area contributed by atoms with Gasteiger partial charge in [0, 0.05) is 7.05 Å². The zero-order valence-electron chi connectivity index (χ0n) is 7.26. The van der Waals surface area contributed by atoms with Gasteiger partial charge in [0.15, 0.2) is 11.9 Å². The third kappa shape index (κ3) is 1.62. The number of carbonyl (C=O) groups is 1. The van der Waals surface area contributed by atoms with Crippen LogP contribution in [0.15, 0.2) is 6.20 Å². The van der Waals surface area contributed by atoms with Gasteiger partial charge in [0.05, 0.1) is 13.3 Å². The van der Waals surface area contributed by atoms with Crippen LogP contribution >= 0.6 is 0 Å². The smallest absolute Gasteiger partial charge is 0.339 e. The molecule has 0 fully saturated rings. The van der Waals surface area contributed by atoms with Gasteiger partial charge in [-0.3, -0.25) is 4.68 Å². The Balaban J connectivity index is 3.10. The van der Waals surface area contributed by atoms with Gasteiger partial charge in [-0.2, -0.15) is 5.10 Å². The number of aliphatic hydroxyl groups excluding tert-OH is 1. The molecule has 72 valence electrons. The van der Waals surface area contributed by atoms with Gasteiger partial charge in [0.2, 0.25) is 0 Å². The number of aliphatic carboxylic acids is 1. The van der Waals surface area contributed by atoms with Crippen molar-refractivity contribution in [1.29, 1.82) is 0 Å². The van der Waals surface area contributed by atoms with E-state index in [-0.39, 0.29) is 11.4 Å². The lowest BCUT2D eigenvalue weighted by molar-refractivity contribution is -0.147. The molecule has 1 atom stereocenters. The molecule has 0 aliphatic heterocycles. The maximum Gasteiger partial charge on any atom is 0.339 e. The molecule has 0 amide bonds. The Morgan fingerprint density at radius 2 is 2.38 bits per heavy atom. The molecule has 6 heteroatoms. The van der Waals surface area contributed by atoms with Crippen molar-refractivity contribution in [3.63, 3.8) is 0 Å². The summed E-state index contributed by atoms with van der Waals surface area (Å²) < 4.78 is 6.09. The topological polar surface area (TPSA) is 84.6 Å². The van der Waals surface area contributed by atoms with E-state index in [9.17, 15) is 9.90 Å². The van der Waals surface area contributed by atoms with Crippen molar-refractivity contribution in [2.24, 2.45) is 7.05 Å². The number of aromatic nitrogens is 2. The van der Waals surface area contributed by atoms with E-state index in [2.05, 4.69) is 5.10 Å². The number of carboxylic acids is 1. The highest BCUT2D eigenvalue weighted by Crippen LogP contribution is 2.23. The lowest BCUT2D eigenvalue weighted by Crippen LogP contribution is -2.15. The fraction of sp³-hybridized carbons (Fsp3) is 0.429. The predicted octanol–water partition coefficient (Wildman–Crippen LogP) is -0.453. The molecule has 0 aromatic carbocycles. The van der Waals surface area contributed by atoms with Crippen LogP contribution in [0.1, 0.15) is 11.8 Å². The third-order valence-corrected chi connectivity index (χ3v) is 1.66. The van der Waals surface area contributed by atoms with Crippen molar-refractivity contribution in [2.45, 2.75) is 6.10 Å². The maximum atomic E-state index is 10.5. The summed E-state index contributed by atoms with van der Waals surface area (Å²) in [5, 5.41) is 21.5. The molecule has 0 aliphatic carbocycles. The zero-order valence-corrected chi connectivity index (χ0v) is 7.26. The first-order valence-corrected chi connectivity index (χ1v) is 3.54. The monoisotopic (exact) mass is 186 g/mol. The minimum atomic E-state index is -1.61. The normalized spacial score (nSPS) is 12.5. The summed E-state index contributed by atoms with van der Waals surface area (Å²) in [4.78, 5) is 10.5. The van der Waals surface area contributed by atoms with Crippen molar-refractivity contribution in [3.05, 3.63) is 11.9 Å². The summed E-state index contributed by atoms with van der Waals surface area (Å²) in [6.07, 6.45) is -0.260. The molecular formula is C7H10N2O4. The number of methoxy groups -OCH3 is 1. The minimum absolute atomic E-state index is 0.134. The molecule has 1 rings (SSSR count). The Morgan fingerprint density at radius 3 is 2.85 bits per heavy atom. The van der Waals surface area contributed by atoms with Crippen LogP contribution in [0, 0.1) is 0 Å². The standard InChI is InChI=1S/C7H10N2O4/c1-9-5(6(10)7(11)12)4(13-2)3-8-9/h3,6,10H,1-2H3,(H,11,12). The highest BCUT2D eigenvalue weighted by Gasteiger charge is 2.24. The van der Waals surface area contributed by atoms with Crippen LogP contribution in [-0.2, 0) is 11.8 Å². The highest BCUT2D eigenvalue weighted by atomic mass is 16.5. The molecule has 6 nitrogen and oxygen atoms in total. The van der Waals surface area contributed by atoms with Crippen molar-refractivity contribution in [3.8, 4) is 5.75 Å². The van der Waals surface area contributed by atoms with Gasteiger partial charge in [-0.1, -0.05) is 0 Å². The molecule has 0 radical (unpaired) electrons. The van der Waals surface area contributed by atoms with E-state index >= 15 is 0 Å². The van der Waals surface area contributed by atoms with Crippen LogP contribution in [-0.4, -0.2) is 33.1 Å². The van der Waals surface area contributed by atoms with E-state index in [1.54, 1.807) is 0 Å². The van der Waals surface area contributed by atoms with E-state index in [4.69, 9.17) is 9.84 Å². The second-order valence-corrected chi connectivity index (χ2v) is 2.46. The van der Waals surface area contributed by atoms with Gasteiger partial charge < -0.3 is 14.9 Å². The number of hydrogen-bond acceptors (Lipinski definition) is 4. The highest BCUT2D eigenvalue weighted by molar-refractivity contribution is 5.74. The fourth-order valence-electron chi connectivity index (χ4n) is 1.01. The van der Waals surface area contributed by atoms with E-state index in [0.29, 0.717) is 0 Å². The Labute approximate surface area is 74.4 Å². The van der Waals surface area contributed by atoms with Gasteiger partial charge in [-0.25, -0.2) is 4.79 Å². The number of aryl methyl sites for hydroxylation is 1. The second-order valence-electron chi connectivity index (χ2n) is 2.46. The lowest BCUT2D eigenvalue weighted by Gasteiger charge is -2.07. The molecule has 0 aliphatic rings. The quantitative estimate of drug-likeness (QED) is 0.667. The summed E-state index contributed by atoms with van der Waals surface area (Å²) in [6.45, 7) is 0. The molecule has 13 heavy (non-hydrogen) atoms. The van der Waals surface area contributed by atoms with Crippen molar-refractivity contribution >= 4 is 5.97 Å². The van der Waals surface area contributed by atoms with Crippen LogP contribution in [0.3, 0.4) is 0 Å². The first kappa shape index (κ1) is 9.53. The number of carboxylic acid groups (broad SMARTS) is 1. The number of hydrogen-bond donors (Lipinski definition) is 2. The molecule has 2 N–H and O–H groups in total. The Bertz CT molecular complexity index is 320. The Hall–Kier alpha value is -1.56. The molecule has 0 saturated heterocycles. The maximum absolute atomic E-state index is 10.5. The van der Waals surface area contributed by atoms with Crippen LogP contribution < -0.4 is 4.74 Å². The number of ether oxygens (including phenoxy) is 1. The first-order valence-electron chi connectivity index (χ1n) is 3.54. The molecule has 1 unspecified atom stereocenters. The summed E-state index contributed by atoms with van der Waals surface area (Å²) in [6, 6.07) is 0. The van der Waals surface area contributed by atoms with Crippen LogP contribution in [0.5, 0.6) is 5.75 Å². The van der Waals surface area contributed by atoms with Crippen molar-refractivity contribution in [2.75, 3.05) is 7.11 Å². The van der Waals surface area contributed by atoms with Crippen LogP contribution in [0.2, 0.25) is 0 Å². The molecular weight excluding hydrogens is 176 g/mol. The number of rotatable bonds is 3. The second kappa shape index (κ2) is 3.44. The minimum Gasteiger partial charge on any atom is -0.493 e. The average molecular weight is 186 g/mol. The summed E-state index contributed by atoms with van der Waals surface area (Å²) in [5.74, 6) is -1.07. The Morgan fingerprint density at radius 1 is 1.77 bits per heavy atom. The number of nitrogens with zero attached hydrogens (tertiary/aromatic N) is 2. The zero-order chi connectivity index (χ0) is 10.0. The van der Waals surface area contributed by atoms with Gasteiger partial charge in [-0.05, 0) is 0 Å². The first-order chi connectivity index (χ1) is 6.07. The van der Waals surface area contributed by atoms with Gasteiger partial charge in [0.25, 0.3) is 0 Å². The van der Waals surface area contributed by atoms with E-state index < -0.39 is 12.1 Å². The van der Waals surface area contributed by atoms with Gasteiger partial charge >= 0.3 is 5.97 Å². The SMILES string of the molecule is COc1cnn(C)c1C(O)C(=O)O. The van der Waals surface area contributed by atoms with Crippen molar-refractivity contribution < 1.29 is 19.7 Å². The van der Waals surface area contributed by atoms with E-state index in [0.717, 1.165) is 0 Å². The molecule has 0 saturated carbocycles. The van der Waals surface area contributed by atoms with E-state index in [1.165, 1.54) is 25.0 Å². The van der Waals surface area contributed by atoms with Gasteiger partial charge in [0.1, 0.15) is 5.69 Å². The van der Waals surface area contributed by atoms with E-state index in [1.807, 2.05) is 0 Å².